The van der Waals surface area contributed by atoms with Gasteiger partial charge in [-0.3, -0.25) is 0 Å². The maximum absolute atomic E-state index is 12.8. The van der Waals surface area contributed by atoms with Gasteiger partial charge in [-0.2, -0.15) is 79.0 Å². The van der Waals surface area contributed by atoms with Crippen LogP contribution >= 0.6 is 0 Å². The van der Waals surface area contributed by atoms with Crippen molar-refractivity contribution in [2.75, 3.05) is 6.26 Å². The minimum absolute atomic E-state index is 0.0748. The van der Waals surface area contributed by atoms with Crippen molar-refractivity contribution in [2.24, 2.45) is 0 Å². The van der Waals surface area contributed by atoms with Crippen LogP contribution in [0.25, 0.3) is 0 Å². The fraction of sp³-hybridized carbons (Fsp3) is 0.600. The molecule has 1 aromatic rings. The summed E-state index contributed by atoms with van der Waals surface area (Å²) >= 11 is -2.64. The Morgan fingerprint density at radius 2 is 0.825 bits per heavy atom. The molecule has 236 valence electrons. The third-order valence-electron chi connectivity index (χ3n) is 4.10. The van der Waals surface area contributed by atoms with Crippen molar-refractivity contribution in [1.82, 2.24) is 0 Å². The molecule has 0 saturated carbocycles. The molecule has 5 nitrogen and oxygen atoms in total. The Balaban J connectivity index is 0.000000906. The van der Waals surface area contributed by atoms with E-state index in [1.807, 2.05) is 0 Å². The van der Waals surface area contributed by atoms with E-state index in [-0.39, 0.29) is 10.6 Å². The Morgan fingerprint density at radius 3 is 1.02 bits per heavy atom. The highest BCUT2D eigenvalue weighted by molar-refractivity contribution is 7.90. The summed E-state index contributed by atoms with van der Waals surface area (Å²) in [5.41, 5.74) is 0. The molecule has 1 atom stereocenters. The molecule has 0 saturated heterocycles. The summed E-state index contributed by atoms with van der Waals surface area (Å²) in [4.78, 5) is 0.113. The lowest BCUT2D eigenvalue weighted by molar-refractivity contribution is -0.468. The first-order chi connectivity index (χ1) is 17.1. The Kier molecular flexibility index (Phi) is 10.3. The van der Waals surface area contributed by atoms with Crippen LogP contribution in [-0.2, 0) is 21.2 Å². The molecule has 0 spiro atoms. The quantitative estimate of drug-likeness (QED) is 0.243. The average molecular weight is 673 g/mol. The molecule has 1 unspecified atom stereocenters. The Labute approximate surface area is 211 Å². The van der Waals surface area contributed by atoms with Crippen LogP contribution in [0.4, 0.5) is 79.0 Å². The van der Waals surface area contributed by atoms with Crippen molar-refractivity contribution in [3.05, 3.63) is 24.3 Å². The predicted octanol–water partition coefficient (Wildman–Crippen LogP) is 6.19. The van der Waals surface area contributed by atoms with E-state index in [2.05, 4.69) is 4.18 Å². The standard InChI is InChI=1S/C8F18.C7H8O5S2/c9-1(10,3(13,14)5(17,18)7(21,22)23)2(11,12)4(15,16)6(19,20)8(24,25)26;1-14(10,11)7-4-2-6(3-5-7)12-13(8)9/h;2-5H,1H3,(H,8,9)/p-1. The molecule has 0 aliphatic carbocycles. The second-order valence-corrected chi connectivity index (χ2v) is 9.56. The average Bonchev–Trinajstić information content (AvgIpc) is 2.71. The molecule has 0 bridgehead atoms. The molecule has 0 radical (unpaired) electrons. The van der Waals surface area contributed by atoms with Crippen LogP contribution in [0.15, 0.2) is 29.2 Å². The number of benzene rings is 1. The highest BCUT2D eigenvalue weighted by Crippen LogP contribution is 2.64. The van der Waals surface area contributed by atoms with Gasteiger partial charge in [0, 0.05) is 6.26 Å². The monoisotopic (exact) mass is 673 g/mol. The minimum atomic E-state index is -8.72. The van der Waals surface area contributed by atoms with Gasteiger partial charge in [-0.05, 0) is 24.3 Å². The molecule has 0 aliphatic rings. The number of hydrogen-bond acceptors (Lipinski definition) is 5. The van der Waals surface area contributed by atoms with Gasteiger partial charge in [-0.25, -0.2) is 12.6 Å². The first-order valence-corrected chi connectivity index (χ1v) is 11.5. The zero-order valence-corrected chi connectivity index (χ0v) is 19.6. The van der Waals surface area contributed by atoms with Crippen LogP contribution in [0, 0.1) is 0 Å². The van der Waals surface area contributed by atoms with Gasteiger partial charge in [0.1, 0.15) is 17.1 Å². The lowest BCUT2D eigenvalue weighted by Gasteiger charge is -2.41. The van der Waals surface area contributed by atoms with Crippen molar-refractivity contribution in [1.29, 1.82) is 0 Å². The summed E-state index contributed by atoms with van der Waals surface area (Å²) in [5, 5.41) is 0. The molecule has 1 aromatic carbocycles. The van der Waals surface area contributed by atoms with Gasteiger partial charge in [0.25, 0.3) is 0 Å². The fourth-order valence-electron chi connectivity index (χ4n) is 1.97. The normalized spacial score (nSPS) is 15.7. The first-order valence-electron chi connectivity index (χ1n) is 8.62. The molecule has 0 aromatic heterocycles. The smallest absolute Gasteiger partial charge is 0.460 e. The third kappa shape index (κ3) is 6.65. The van der Waals surface area contributed by atoms with E-state index < -0.39 is 69.1 Å². The fourth-order valence-corrected chi connectivity index (χ4v) is 2.86. The summed E-state index contributed by atoms with van der Waals surface area (Å²) in [6.07, 6.45) is -14.6. The molecule has 0 fully saturated rings. The number of alkyl halides is 18. The summed E-state index contributed by atoms with van der Waals surface area (Å²) in [6, 6.07) is 5.09. The molecular weight excluding hydrogens is 666 g/mol. The molecule has 1 rings (SSSR count). The lowest BCUT2D eigenvalue weighted by atomic mass is 9.91. The Bertz CT molecular complexity index is 1110. The van der Waals surface area contributed by atoms with Crippen molar-refractivity contribution in [3.8, 4) is 5.75 Å². The van der Waals surface area contributed by atoms with Crippen LogP contribution < -0.4 is 4.18 Å². The van der Waals surface area contributed by atoms with E-state index in [1.54, 1.807) is 0 Å². The van der Waals surface area contributed by atoms with Crippen molar-refractivity contribution in [2.45, 2.75) is 52.8 Å². The lowest BCUT2D eigenvalue weighted by Crippen LogP contribution is -2.74. The van der Waals surface area contributed by atoms with Crippen molar-refractivity contribution in [3.63, 3.8) is 0 Å². The van der Waals surface area contributed by atoms with Crippen LogP contribution in [0.1, 0.15) is 0 Å². The van der Waals surface area contributed by atoms with Crippen LogP contribution in [0.2, 0.25) is 0 Å². The van der Waals surface area contributed by atoms with Crippen molar-refractivity contribution >= 4 is 21.2 Å². The molecule has 40 heavy (non-hydrogen) atoms. The van der Waals surface area contributed by atoms with E-state index in [4.69, 9.17) is 0 Å². The number of rotatable bonds is 8. The molecule has 0 N–H and O–H groups in total. The molecule has 0 heterocycles. The number of halogens is 18. The summed E-state index contributed by atoms with van der Waals surface area (Å²) < 4.78 is 267. The van der Waals surface area contributed by atoms with E-state index in [9.17, 15) is 96.2 Å². The largest absolute Gasteiger partial charge is 0.740 e. The maximum atomic E-state index is 12.8. The van der Waals surface area contributed by atoms with Gasteiger partial charge >= 0.3 is 47.9 Å². The number of sulfone groups is 1. The predicted molar refractivity (Wildman–Crippen MR) is 90.9 cm³/mol. The van der Waals surface area contributed by atoms with Gasteiger partial charge in [0.2, 0.25) is 0 Å². The third-order valence-corrected chi connectivity index (χ3v) is 5.56. The summed E-state index contributed by atoms with van der Waals surface area (Å²) in [5.74, 6) is -51.0. The topological polar surface area (TPSA) is 83.5 Å². The Hall–Kier alpha value is -2.18. The van der Waals surface area contributed by atoms with E-state index in [0.29, 0.717) is 0 Å². The zero-order valence-electron chi connectivity index (χ0n) is 18.0. The van der Waals surface area contributed by atoms with E-state index >= 15 is 0 Å². The summed E-state index contributed by atoms with van der Waals surface area (Å²) in [6.45, 7) is 0. The van der Waals surface area contributed by atoms with Gasteiger partial charge in [0.15, 0.2) is 9.84 Å². The van der Waals surface area contributed by atoms with Crippen LogP contribution in [0.3, 0.4) is 0 Å². The molecule has 0 amide bonds. The molecule has 25 heteroatoms. The van der Waals surface area contributed by atoms with E-state index in [1.165, 1.54) is 24.3 Å². The SMILES string of the molecule is CS(=O)(=O)c1ccc(OS(=O)[O-])cc1.FC(F)(F)C(F)(F)C(F)(F)C(F)(F)C(F)(F)C(F)(F)C(F)(F)C(F)(F)F. The van der Waals surface area contributed by atoms with Gasteiger partial charge in [0.05, 0.1) is 4.90 Å². The maximum Gasteiger partial charge on any atom is 0.460 e. The van der Waals surface area contributed by atoms with Gasteiger partial charge < -0.3 is 8.74 Å². The summed E-state index contributed by atoms with van der Waals surface area (Å²) in [7, 11) is -3.26. The first kappa shape index (κ1) is 37.8. The van der Waals surface area contributed by atoms with Crippen LogP contribution in [0.5, 0.6) is 5.75 Å². The minimum Gasteiger partial charge on any atom is -0.740 e. The van der Waals surface area contributed by atoms with Crippen LogP contribution in [-0.4, -0.2) is 71.3 Å². The molecular formula is C15H7F18O5S2-. The van der Waals surface area contributed by atoms with Crippen molar-refractivity contribution < 1.29 is 100 Å². The zero-order chi connectivity index (χ0) is 32.8. The van der Waals surface area contributed by atoms with E-state index in [0.717, 1.165) is 6.26 Å². The highest BCUT2D eigenvalue weighted by Gasteiger charge is 2.95. The Morgan fingerprint density at radius 1 is 0.575 bits per heavy atom. The number of hydrogen-bond donors (Lipinski definition) is 0. The molecule has 0 aliphatic heterocycles. The second-order valence-electron chi connectivity index (χ2n) is 6.97. The highest BCUT2D eigenvalue weighted by atomic mass is 32.2. The van der Waals surface area contributed by atoms with Gasteiger partial charge in [-0.15, -0.1) is 0 Å². The van der Waals surface area contributed by atoms with Gasteiger partial charge in [-0.1, -0.05) is 0 Å². The second kappa shape index (κ2) is 10.9.